The monoisotopic (exact) mass is 304 g/mol. The first-order valence-corrected chi connectivity index (χ1v) is 7.99. The molecule has 0 saturated heterocycles. The smallest absolute Gasteiger partial charge is 0.233 e. The standard InChI is InChI=1S/C13H13N4O3P/c1-21(19)20-9-3-5-13(18)12(7-9)17-15-10-4-2-8(14)6-11(10)16-17/h2-7,18,21H,14H2,1H3. The number of aromatic hydroxyl groups is 1. The molecule has 1 atom stereocenters. The molecule has 3 N–H and O–H groups in total. The Morgan fingerprint density at radius 2 is 1.95 bits per heavy atom. The number of hydrogen-bond donors (Lipinski definition) is 2. The third-order valence-electron chi connectivity index (χ3n) is 2.83. The minimum atomic E-state index is -2.13. The van der Waals surface area contributed by atoms with Crippen LogP contribution in [0.5, 0.6) is 11.5 Å². The zero-order valence-corrected chi connectivity index (χ0v) is 12.1. The molecule has 7 nitrogen and oxygen atoms in total. The van der Waals surface area contributed by atoms with Crippen LogP contribution in [0.4, 0.5) is 5.69 Å². The van der Waals surface area contributed by atoms with E-state index in [0.717, 1.165) is 0 Å². The van der Waals surface area contributed by atoms with Crippen molar-refractivity contribution in [3.05, 3.63) is 36.4 Å². The lowest BCUT2D eigenvalue weighted by molar-refractivity contribution is 0.464. The van der Waals surface area contributed by atoms with Crippen LogP contribution in [0.2, 0.25) is 0 Å². The normalized spacial score (nSPS) is 12.4. The van der Waals surface area contributed by atoms with Crippen molar-refractivity contribution < 1.29 is 14.2 Å². The van der Waals surface area contributed by atoms with Crippen molar-refractivity contribution in [3.8, 4) is 17.2 Å². The highest BCUT2D eigenvalue weighted by Crippen LogP contribution is 2.30. The quantitative estimate of drug-likeness (QED) is 0.568. The number of aromatic nitrogens is 3. The molecule has 3 rings (SSSR count). The van der Waals surface area contributed by atoms with E-state index in [0.29, 0.717) is 28.2 Å². The summed E-state index contributed by atoms with van der Waals surface area (Å²) in [6.07, 6.45) is 0. The van der Waals surface area contributed by atoms with Gasteiger partial charge in [0.15, 0.2) is 0 Å². The molecule has 1 aromatic heterocycles. The topological polar surface area (TPSA) is 103 Å². The zero-order chi connectivity index (χ0) is 15.0. The van der Waals surface area contributed by atoms with E-state index in [1.54, 1.807) is 18.2 Å². The van der Waals surface area contributed by atoms with Gasteiger partial charge in [0, 0.05) is 18.4 Å². The molecular formula is C13H13N4O3P. The molecule has 3 aromatic rings. The molecular weight excluding hydrogens is 291 g/mol. The van der Waals surface area contributed by atoms with Crippen LogP contribution in [0, 0.1) is 0 Å². The van der Waals surface area contributed by atoms with E-state index in [4.69, 9.17) is 10.3 Å². The van der Waals surface area contributed by atoms with Gasteiger partial charge in [-0.3, -0.25) is 4.57 Å². The Bertz CT molecular complexity index is 847. The Morgan fingerprint density at radius 1 is 1.19 bits per heavy atom. The molecule has 0 aliphatic heterocycles. The maximum absolute atomic E-state index is 11.2. The number of nitrogen functional groups attached to an aromatic ring is 1. The first kappa shape index (κ1) is 13.5. The SMILES string of the molecule is C[PH](=O)Oc1ccc(O)c(-n2nc3ccc(N)cc3n2)c1. The summed E-state index contributed by atoms with van der Waals surface area (Å²) in [5.41, 5.74) is 7.89. The van der Waals surface area contributed by atoms with Crippen LogP contribution in [-0.2, 0) is 4.57 Å². The van der Waals surface area contributed by atoms with Gasteiger partial charge in [0.2, 0.25) is 8.03 Å². The Hall–Kier alpha value is -2.53. The maximum Gasteiger partial charge on any atom is 0.233 e. The summed E-state index contributed by atoms with van der Waals surface area (Å²) < 4.78 is 16.3. The molecule has 21 heavy (non-hydrogen) atoms. The van der Waals surface area contributed by atoms with Crippen LogP contribution in [0.15, 0.2) is 36.4 Å². The summed E-state index contributed by atoms with van der Waals surface area (Å²) in [5.74, 6) is 0.376. The number of anilines is 1. The summed E-state index contributed by atoms with van der Waals surface area (Å²) >= 11 is 0. The first-order chi connectivity index (χ1) is 10.0. The highest BCUT2D eigenvalue weighted by atomic mass is 31.1. The van der Waals surface area contributed by atoms with E-state index in [9.17, 15) is 9.67 Å². The van der Waals surface area contributed by atoms with Gasteiger partial charge in [0.25, 0.3) is 0 Å². The molecule has 108 valence electrons. The van der Waals surface area contributed by atoms with E-state index in [1.807, 2.05) is 0 Å². The van der Waals surface area contributed by atoms with E-state index >= 15 is 0 Å². The first-order valence-electron chi connectivity index (χ1n) is 6.17. The van der Waals surface area contributed by atoms with Crippen molar-refractivity contribution in [2.75, 3.05) is 12.4 Å². The van der Waals surface area contributed by atoms with Crippen molar-refractivity contribution in [2.24, 2.45) is 0 Å². The predicted octanol–water partition coefficient (Wildman–Crippen LogP) is 2.19. The van der Waals surface area contributed by atoms with Gasteiger partial charge in [-0.2, -0.15) is 0 Å². The van der Waals surface area contributed by atoms with Crippen molar-refractivity contribution in [1.82, 2.24) is 15.0 Å². The minimum Gasteiger partial charge on any atom is -0.506 e. The Labute approximate surface area is 120 Å². The molecule has 1 unspecified atom stereocenters. The molecule has 0 aliphatic carbocycles. The van der Waals surface area contributed by atoms with Crippen LogP contribution >= 0.6 is 8.03 Å². The van der Waals surface area contributed by atoms with Crippen molar-refractivity contribution in [1.29, 1.82) is 0 Å². The lowest BCUT2D eigenvalue weighted by Crippen LogP contribution is -1.99. The van der Waals surface area contributed by atoms with Crippen LogP contribution in [0.1, 0.15) is 0 Å². The van der Waals surface area contributed by atoms with Crippen molar-refractivity contribution in [2.45, 2.75) is 0 Å². The summed E-state index contributed by atoms with van der Waals surface area (Å²) in [7, 11) is -2.13. The summed E-state index contributed by atoms with van der Waals surface area (Å²) in [6, 6.07) is 9.68. The number of phenols is 1. The van der Waals surface area contributed by atoms with Gasteiger partial charge in [0.1, 0.15) is 28.2 Å². The number of phenolic OH excluding ortho intramolecular Hbond substituents is 1. The van der Waals surface area contributed by atoms with Gasteiger partial charge in [-0.15, -0.1) is 15.0 Å². The second kappa shape index (κ2) is 5.10. The lowest BCUT2D eigenvalue weighted by atomic mass is 10.3. The van der Waals surface area contributed by atoms with Gasteiger partial charge in [-0.05, 0) is 30.3 Å². The lowest BCUT2D eigenvalue weighted by Gasteiger charge is -2.06. The van der Waals surface area contributed by atoms with Gasteiger partial charge in [0.05, 0.1) is 0 Å². The Morgan fingerprint density at radius 3 is 2.71 bits per heavy atom. The van der Waals surface area contributed by atoms with Crippen LogP contribution in [0.25, 0.3) is 16.7 Å². The molecule has 0 aliphatic rings. The fourth-order valence-corrected chi connectivity index (χ4v) is 2.39. The van der Waals surface area contributed by atoms with Crippen molar-refractivity contribution >= 4 is 24.7 Å². The van der Waals surface area contributed by atoms with Crippen LogP contribution in [-0.4, -0.2) is 26.8 Å². The second-order valence-electron chi connectivity index (χ2n) is 4.48. The van der Waals surface area contributed by atoms with Gasteiger partial charge < -0.3 is 15.4 Å². The van der Waals surface area contributed by atoms with Gasteiger partial charge >= 0.3 is 0 Å². The van der Waals surface area contributed by atoms with E-state index in [-0.39, 0.29) is 5.75 Å². The maximum atomic E-state index is 11.2. The molecule has 0 radical (unpaired) electrons. The highest BCUT2D eigenvalue weighted by Gasteiger charge is 2.11. The van der Waals surface area contributed by atoms with E-state index in [1.165, 1.54) is 29.7 Å². The summed E-state index contributed by atoms with van der Waals surface area (Å²) in [5, 5.41) is 18.5. The molecule has 0 bridgehead atoms. The number of hydrogen-bond acceptors (Lipinski definition) is 6. The van der Waals surface area contributed by atoms with Crippen molar-refractivity contribution in [3.63, 3.8) is 0 Å². The van der Waals surface area contributed by atoms with Gasteiger partial charge in [-0.25, -0.2) is 0 Å². The van der Waals surface area contributed by atoms with Gasteiger partial charge in [-0.1, -0.05) is 0 Å². The molecule has 8 heteroatoms. The Balaban J connectivity index is 2.10. The summed E-state index contributed by atoms with van der Waals surface area (Å²) in [4.78, 5) is 1.29. The molecule has 0 amide bonds. The zero-order valence-electron chi connectivity index (χ0n) is 11.1. The molecule has 1 heterocycles. The minimum absolute atomic E-state index is 0.00796. The van der Waals surface area contributed by atoms with E-state index in [2.05, 4.69) is 10.2 Å². The largest absolute Gasteiger partial charge is 0.506 e. The van der Waals surface area contributed by atoms with E-state index < -0.39 is 8.03 Å². The molecule has 0 fully saturated rings. The fraction of sp³-hybridized carbons (Fsp3) is 0.0769. The number of rotatable bonds is 3. The summed E-state index contributed by atoms with van der Waals surface area (Å²) in [6.45, 7) is 1.49. The third kappa shape index (κ3) is 2.68. The highest BCUT2D eigenvalue weighted by molar-refractivity contribution is 7.38. The second-order valence-corrected chi connectivity index (χ2v) is 5.67. The number of nitrogens with two attached hydrogens (primary N) is 1. The Kier molecular flexibility index (Phi) is 3.27. The predicted molar refractivity (Wildman–Crippen MR) is 80.5 cm³/mol. The molecule has 0 spiro atoms. The van der Waals surface area contributed by atoms with Crippen LogP contribution < -0.4 is 10.3 Å². The number of fused-ring (bicyclic) bond motifs is 1. The van der Waals surface area contributed by atoms with Crippen LogP contribution in [0.3, 0.4) is 0 Å². The average molecular weight is 304 g/mol. The average Bonchev–Trinajstić information content (AvgIpc) is 2.83. The third-order valence-corrected chi connectivity index (χ3v) is 3.35. The number of benzene rings is 2. The fourth-order valence-electron chi connectivity index (χ4n) is 1.93. The molecule has 0 saturated carbocycles. The molecule has 2 aromatic carbocycles. The number of nitrogens with zero attached hydrogens (tertiary/aromatic N) is 3.